The Morgan fingerprint density at radius 2 is 2.12 bits per heavy atom. The van der Waals surface area contributed by atoms with Crippen molar-refractivity contribution in [1.29, 1.82) is 0 Å². The molecule has 0 atom stereocenters. The van der Waals surface area contributed by atoms with Crippen LogP contribution in [0.3, 0.4) is 0 Å². The molecule has 1 saturated heterocycles. The molecular weight excluding hydrogens is 236 g/mol. The third-order valence-corrected chi connectivity index (χ3v) is 3.47. The first-order valence-corrected chi connectivity index (χ1v) is 6.81. The van der Waals surface area contributed by atoms with Gasteiger partial charge >= 0.3 is 0 Å². The zero-order valence-corrected chi connectivity index (χ0v) is 11.0. The molecule has 94 valence electrons. The standard InChI is InChI=1S/C12H18N2O2S/c1-9(2)17-11-4-3-10(16-11)12(15)14-7-5-13-6-8-14/h3-4,9,13H,5-8H2,1-2H3. The van der Waals surface area contributed by atoms with Gasteiger partial charge in [-0.25, -0.2) is 0 Å². The van der Waals surface area contributed by atoms with Crippen molar-refractivity contribution in [3.8, 4) is 0 Å². The highest BCUT2D eigenvalue weighted by molar-refractivity contribution is 7.99. The van der Waals surface area contributed by atoms with E-state index in [1.54, 1.807) is 17.8 Å². The van der Waals surface area contributed by atoms with Gasteiger partial charge in [0, 0.05) is 31.4 Å². The maximum Gasteiger partial charge on any atom is 0.289 e. The van der Waals surface area contributed by atoms with Crippen molar-refractivity contribution in [3.63, 3.8) is 0 Å². The smallest absolute Gasteiger partial charge is 0.289 e. The van der Waals surface area contributed by atoms with E-state index in [4.69, 9.17) is 4.42 Å². The lowest BCUT2D eigenvalue weighted by molar-refractivity contribution is 0.0698. The highest BCUT2D eigenvalue weighted by Crippen LogP contribution is 2.25. The van der Waals surface area contributed by atoms with Crippen molar-refractivity contribution in [2.45, 2.75) is 24.2 Å². The Balaban J connectivity index is 2.01. The Morgan fingerprint density at radius 1 is 1.41 bits per heavy atom. The van der Waals surface area contributed by atoms with Crippen LogP contribution in [0.4, 0.5) is 0 Å². The topological polar surface area (TPSA) is 45.5 Å². The zero-order chi connectivity index (χ0) is 12.3. The lowest BCUT2D eigenvalue weighted by atomic mass is 10.3. The molecule has 4 nitrogen and oxygen atoms in total. The Labute approximate surface area is 106 Å². The van der Waals surface area contributed by atoms with Gasteiger partial charge in [0.05, 0.1) is 0 Å². The van der Waals surface area contributed by atoms with Crippen molar-refractivity contribution >= 4 is 17.7 Å². The highest BCUT2D eigenvalue weighted by atomic mass is 32.2. The van der Waals surface area contributed by atoms with Gasteiger partial charge in [0.15, 0.2) is 10.9 Å². The molecule has 1 N–H and O–H groups in total. The second-order valence-electron chi connectivity index (χ2n) is 4.33. The van der Waals surface area contributed by atoms with Crippen LogP contribution in [0.1, 0.15) is 24.4 Å². The first kappa shape index (κ1) is 12.5. The molecular formula is C12H18N2O2S. The Kier molecular flexibility index (Phi) is 4.12. The van der Waals surface area contributed by atoms with Crippen LogP contribution in [-0.4, -0.2) is 42.2 Å². The molecule has 2 heterocycles. The van der Waals surface area contributed by atoms with Gasteiger partial charge in [-0.05, 0) is 12.1 Å². The Hall–Kier alpha value is -0.940. The van der Waals surface area contributed by atoms with Crippen molar-refractivity contribution in [2.75, 3.05) is 26.2 Å². The summed E-state index contributed by atoms with van der Waals surface area (Å²) in [6.45, 7) is 7.44. The van der Waals surface area contributed by atoms with E-state index in [2.05, 4.69) is 19.2 Å². The highest BCUT2D eigenvalue weighted by Gasteiger charge is 2.21. The summed E-state index contributed by atoms with van der Waals surface area (Å²) in [5.74, 6) is 0.456. The average Bonchev–Trinajstić information content (AvgIpc) is 2.77. The minimum absolute atomic E-state index is 0.00195. The number of nitrogens with zero attached hydrogens (tertiary/aromatic N) is 1. The fourth-order valence-corrected chi connectivity index (χ4v) is 2.50. The van der Waals surface area contributed by atoms with E-state index in [0.717, 1.165) is 31.3 Å². The molecule has 0 saturated carbocycles. The number of carbonyl (C=O) groups excluding carboxylic acids is 1. The molecule has 1 aromatic heterocycles. The van der Waals surface area contributed by atoms with E-state index in [-0.39, 0.29) is 5.91 Å². The van der Waals surface area contributed by atoms with Gasteiger partial charge in [-0.2, -0.15) is 0 Å². The molecule has 1 aliphatic heterocycles. The van der Waals surface area contributed by atoms with Crippen molar-refractivity contribution in [2.24, 2.45) is 0 Å². The second-order valence-corrected chi connectivity index (χ2v) is 5.91. The van der Waals surface area contributed by atoms with Gasteiger partial charge in [0.1, 0.15) is 0 Å². The van der Waals surface area contributed by atoms with Crippen LogP contribution in [0.2, 0.25) is 0 Å². The number of rotatable bonds is 3. The molecule has 1 aromatic rings. The monoisotopic (exact) mass is 254 g/mol. The van der Waals surface area contributed by atoms with Crippen LogP contribution in [0, 0.1) is 0 Å². The molecule has 0 aromatic carbocycles. The van der Waals surface area contributed by atoms with E-state index in [1.807, 2.05) is 11.0 Å². The van der Waals surface area contributed by atoms with Crippen molar-refractivity contribution in [1.82, 2.24) is 10.2 Å². The minimum atomic E-state index is 0.00195. The molecule has 1 amide bonds. The third-order valence-electron chi connectivity index (χ3n) is 2.55. The van der Waals surface area contributed by atoms with Crippen molar-refractivity contribution in [3.05, 3.63) is 17.9 Å². The number of hydrogen-bond donors (Lipinski definition) is 1. The first-order valence-electron chi connectivity index (χ1n) is 5.93. The summed E-state index contributed by atoms with van der Waals surface area (Å²) in [4.78, 5) is 13.9. The molecule has 0 spiro atoms. The Bertz CT molecular complexity index is 384. The number of thioether (sulfide) groups is 1. The van der Waals surface area contributed by atoms with Crippen LogP contribution in [-0.2, 0) is 0 Å². The molecule has 2 rings (SSSR count). The van der Waals surface area contributed by atoms with E-state index in [9.17, 15) is 4.79 Å². The molecule has 0 unspecified atom stereocenters. The largest absolute Gasteiger partial charge is 0.445 e. The molecule has 0 radical (unpaired) electrons. The first-order chi connectivity index (χ1) is 8.16. The normalized spacial score (nSPS) is 16.5. The summed E-state index contributed by atoms with van der Waals surface area (Å²) in [6, 6.07) is 3.65. The van der Waals surface area contributed by atoms with E-state index in [1.165, 1.54) is 0 Å². The van der Waals surface area contributed by atoms with Crippen LogP contribution < -0.4 is 5.32 Å². The minimum Gasteiger partial charge on any atom is -0.445 e. The Morgan fingerprint density at radius 3 is 2.76 bits per heavy atom. The van der Waals surface area contributed by atoms with Gasteiger partial charge < -0.3 is 14.6 Å². The van der Waals surface area contributed by atoms with Crippen LogP contribution in [0.5, 0.6) is 0 Å². The van der Waals surface area contributed by atoms with Crippen LogP contribution in [0.25, 0.3) is 0 Å². The lowest BCUT2D eigenvalue weighted by Crippen LogP contribution is -2.46. The maximum absolute atomic E-state index is 12.1. The van der Waals surface area contributed by atoms with Crippen LogP contribution in [0.15, 0.2) is 21.6 Å². The van der Waals surface area contributed by atoms with E-state index < -0.39 is 0 Å². The lowest BCUT2D eigenvalue weighted by Gasteiger charge is -2.26. The molecule has 0 aliphatic carbocycles. The van der Waals surface area contributed by atoms with Gasteiger partial charge in [-0.15, -0.1) is 0 Å². The summed E-state index contributed by atoms with van der Waals surface area (Å²) < 4.78 is 5.56. The number of furan rings is 1. The van der Waals surface area contributed by atoms with Gasteiger partial charge in [0.25, 0.3) is 5.91 Å². The number of nitrogens with one attached hydrogen (secondary N) is 1. The predicted octanol–water partition coefficient (Wildman–Crippen LogP) is 1.83. The molecule has 17 heavy (non-hydrogen) atoms. The van der Waals surface area contributed by atoms with Gasteiger partial charge in [0.2, 0.25) is 0 Å². The quantitative estimate of drug-likeness (QED) is 0.836. The molecule has 5 heteroatoms. The summed E-state index contributed by atoms with van der Waals surface area (Å²) in [6.07, 6.45) is 0. The number of piperazine rings is 1. The SMILES string of the molecule is CC(C)Sc1ccc(C(=O)N2CCNCC2)o1. The summed E-state index contributed by atoms with van der Waals surface area (Å²) in [7, 11) is 0. The van der Waals surface area contributed by atoms with Crippen LogP contribution >= 0.6 is 11.8 Å². The zero-order valence-electron chi connectivity index (χ0n) is 10.2. The fourth-order valence-electron chi connectivity index (χ4n) is 1.75. The number of carbonyl (C=O) groups is 1. The number of hydrogen-bond acceptors (Lipinski definition) is 4. The summed E-state index contributed by atoms with van der Waals surface area (Å²) in [5.41, 5.74) is 0. The van der Waals surface area contributed by atoms with Gasteiger partial charge in [-0.3, -0.25) is 4.79 Å². The average molecular weight is 254 g/mol. The molecule has 1 fully saturated rings. The molecule has 1 aliphatic rings. The maximum atomic E-state index is 12.1. The van der Waals surface area contributed by atoms with E-state index in [0.29, 0.717) is 11.0 Å². The summed E-state index contributed by atoms with van der Waals surface area (Å²) in [5, 5.41) is 4.50. The van der Waals surface area contributed by atoms with E-state index >= 15 is 0 Å². The second kappa shape index (κ2) is 5.60. The predicted molar refractivity (Wildman–Crippen MR) is 68.5 cm³/mol. The third kappa shape index (κ3) is 3.26. The van der Waals surface area contributed by atoms with Crippen molar-refractivity contribution < 1.29 is 9.21 Å². The van der Waals surface area contributed by atoms with Gasteiger partial charge in [-0.1, -0.05) is 25.6 Å². The molecule has 0 bridgehead atoms. The fraction of sp³-hybridized carbons (Fsp3) is 0.583. The summed E-state index contributed by atoms with van der Waals surface area (Å²) >= 11 is 1.63. The number of amides is 1.